The predicted octanol–water partition coefficient (Wildman–Crippen LogP) is 3.43. The Kier molecular flexibility index (Phi) is 5.34. The van der Waals surface area contributed by atoms with Crippen LogP contribution >= 0.6 is 0 Å². The smallest absolute Gasteiger partial charge is 0.333 e. The Labute approximate surface area is 96.9 Å². The van der Waals surface area contributed by atoms with Gasteiger partial charge in [-0.25, -0.2) is 4.79 Å². The topological polar surface area (TPSA) is 26.3 Å². The van der Waals surface area contributed by atoms with Crippen LogP contribution in [-0.2, 0) is 9.53 Å². The molecule has 0 heterocycles. The average molecular weight is 218 g/mol. The van der Waals surface area contributed by atoms with Crippen molar-refractivity contribution in [3.05, 3.63) is 41.5 Å². The van der Waals surface area contributed by atoms with Gasteiger partial charge in [0.25, 0.3) is 0 Å². The molecule has 1 rings (SSSR count). The van der Waals surface area contributed by atoms with Gasteiger partial charge in [-0.05, 0) is 25.0 Å². The largest absolute Gasteiger partial charge is 0.462 e. The molecule has 1 aromatic carbocycles. The Hall–Kier alpha value is -1.57. The minimum absolute atomic E-state index is 0.225. The third kappa shape index (κ3) is 4.30. The number of carbonyl (C=O) groups excluding carboxylic acids is 1. The third-order valence-corrected chi connectivity index (χ3v) is 2.24. The van der Waals surface area contributed by atoms with Crippen LogP contribution in [0.2, 0.25) is 0 Å². The first-order valence-corrected chi connectivity index (χ1v) is 5.64. The van der Waals surface area contributed by atoms with Crippen LogP contribution in [0.1, 0.15) is 32.3 Å². The lowest BCUT2D eigenvalue weighted by molar-refractivity contribution is -0.138. The highest BCUT2D eigenvalue weighted by molar-refractivity contribution is 5.92. The second kappa shape index (κ2) is 6.83. The highest BCUT2D eigenvalue weighted by Crippen LogP contribution is 2.07. The summed E-state index contributed by atoms with van der Waals surface area (Å²) < 4.78 is 5.11. The molecule has 2 heteroatoms. The number of rotatable bonds is 5. The third-order valence-electron chi connectivity index (χ3n) is 2.24. The van der Waals surface area contributed by atoms with E-state index in [4.69, 9.17) is 4.74 Å². The van der Waals surface area contributed by atoms with Crippen molar-refractivity contribution in [1.29, 1.82) is 0 Å². The van der Waals surface area contributed by atoms with Crippen molar-refractivity contribution in [2.24, 2.45) is 0 Å². The van der Waals surface area contributed by atoms with Crippen LogP contribution in [0.4, 0.5) is 0 Å². The number of carbonyl (C=O) groups is 1. The van der Waals surface area contributed by atoms with E-state index in [2.05, 4.69) is 6.92 Å². The van der Waals surface area contributed by atoms with E-state index in [1.165, 1.54) is 0 Å². The highest BCUT2D eigenvalue weighted by Gasteiger charge is 2.04. The van der Waals surface area contributed by atoms with Crippen LogP contribution in [0.3, 0.4) is 0 Å². The molecule has 0 N–H and O–H groups in total. The molecule has 0 spiro atoms. The Bertz CT molecular complexity index is 352. The van der Waals surface area contributed by atoms with Crippen molar-refractivity contribution in [3.63, 3.8) is 0 Å². The summed E-state index contributed by atoms with van der Waals surface area (Å²) in [5.41, 5.74) is 1.66. The zero-order valence-electron chi connectivity index (χ0n) is 9.90. The molecule has 0 amide bonds. The number of esters is 1. The van der Waals surface area contributed by atoms with Gasteiger partial charge in [0, 0.05) is 5.57 Å². The molecular weight excluding hydrogens is 200 g/mol. The Morgan fingerprint density at radius 3 is 2.62 bits per heavy atom. The molecular formula is C14H18O2. The fourth-order valence-electron chi connectivity index (χ4n) is 1.28. The van der Waals surface area contributed by atoms with Gasteiger partial charge in [-0.2, -0.15) is 0 Å². The fourth-order valence-corrected chi connectivity index (χ4v) is 1.28. The highest BCUT2D eigenvalue weighted by atomic mass is 16.5. The van der Waals surface area contributed by atoms with E-state index >= 15 is 0 Å². The van der Waals surface area contributed by atoms with Crippen LogP contribution in [0.25, 0.3) is 6.08 Å². The fraction of sp³-hybridized carbons (Fsp3) is 0.357. The lowest BCUT2D eigenvalue weighted by atomic mass is 10.1. The molecule has 0 aliphatic heterocycles. The van der Waals surface area contributed by atoms with Gasteiger partial charge in [0.2, 0.25) is 0 Å². The number of ether oxygens (including phenoxy) is 1. The zero-order chi connectivity index (χ0) is 11.8. The molecule has 0 saturated heterocycles. The molecule has 0 radical (unpaired) electrons. The standard InChI is InChI=1S/C14H18O2/c1-3-4-10-16-14(15)12(2)11-13-8-6-5-7-9-13/h5-9,11H,3-4,10H2,1-2H3/b12-11+. The number of unbranched alkanes of at least 4 members (excludes halogenated alkanes) is 1. The van der Waals surface area contributed by atoms with Gasteiger partial charge < -0.3 is 4.74 Å². The molecule has 0 atom stereocenters. The SMILES string of the molecule is CCCCOC(=O)/C(C)=C/c1ccccc1. The van der Waals surface area contributed by atoms with Crippen LogP contribution in [-0.4, -0.2) is 12.6 Å². The van der Waals surface area contributed by atoms with Crippen LogP contribution in [0.15, 0.2) is 35.9 Å². The number of benzene rings is 1. The molecule has 0 aliphatic rings. The molecule has 86 valence electrons. The summed E-state index contributed by atoms with van der Waals surface area (Å²) >= 11 is 0. The van der Waals surface area contributed by atoms with Gasteiger partial charge >= 0.3 is 5.97 Å². The maximum atomic E-state index is 11.5. The summed E-state index contributed by atoms with van der Waals surface area (Å²) in [6.07, 6.45) is 3.80. The zero-order valence-corrected chi connectivity index (χ0v) is 9.90. The summed E-state index contributed by atoms with van der Waals surface area (Å²) in [4.78, 5) is 11.5. The van der Waals surface area contributed by atoms with Crippen LogP contribution in [0, 0.1) is 0 Å². The van der Waals surface area contributed by atoms with Gasteiger partial charge in [0.05, 0.1) is 6.61 Å². The van der Waals surface area contributed by atoms with E-state index in [1.807, 2.05) is 36.4 Å². The number of hydrogen-bond donors (Lipinski definition) is 0. The van der Waals surface area contributed by atoms with Gasteiger partial charge in [0.1, 0.15) is 0 Å². The van der Waals surface area contributed by atoms with Gasteiger partial charge in [0.15, 0.2) is 0 Å². The van der Waals surface area contributed by atoms with Gasteiger partial charge in [-0.1, -0.05) is 43.7 Å². The number of hydrogen-bond acceptors (Lipinski definition) is 2. The summed E-state index contributed by atoms with van der Waals surface area (Å²) in [6.45, 7) is 4.36. The lowest BCUT2D eigenvalue weighted by Crippen LogP contribution is -2.06. The molecule has 0 saturated carbocycles. The normalized spacial score (nSPS) is 11.2. The van der Waals surface area contributed by atoms with Crippen molar-refractivity contribution in [1.82, 2.24) is 0 Å². The second-order valence-electron chi connectivity index (χ2n) is 3.73. The van der Waals surface area contributed by atoms with Crippen molar-refractivity contribution in [3.8, 4) is 0 Å². The first-order valence-electron chi connectivity index (χ1n) is 5.64. The molecule has 0 unspecified atom stereocenters. The molecule has 2 nitrogen and oxygen atoms in total. The monoisotopic (exact) mass is 218 g/mol. The van der Waals surface area contributed by atoms with E-state index in [9.17, 15) is 4.79 Å². The summed E-state index contributed by atoms with van der Waals surface area (Å²) in [7, 11) is 0. The lowest BCUT2D eigenvalue weighted by Gasteiger charge is -2.03. The van der Waals surface area contributed by atoms with Crippen molar-refractivity contribution in [2.45, 2.75) is 26.7 Å². The maximum Gasteiger partial charge on any atom is 0.333 e. The summed E-state index contributed by atoms with van der Waals surface area (Å²) in [6, 6.07) is 9.76. The summed E-state index contributed by atoms with van der Waals surface area (Å²) in [5.74, 6) is -0.225. The predicted molar refractivity (Wildman–Crippen MR) is 66.0 cm³/mol. The quantitative estimate of drug-likeness (QED) is 0.430. The van der Waals surface area contributed by atoms with E-state index in [1.54, 1.807) is 6.92 Å². The van der Waals surface area contributed by atoms with Crippen LogP contribution in [0.5, 0.6) is 0 Å². The van der Waals surface area contributed by atoms with Gasteiger partial charge in [-0.15, -0.1) is 0 Å². The van der Waals surface area contributed by atoms with Crippen molar-refractivity contribution >= 4 is 12.0 Å². The summed E-state index contributed by atoms with van der Waals surface area (Å²) in [5, 5.41) is 0. The van der Waals surface area contributed by atoms with Crippen LogP contribution < -0.4 is 0 Å². The van der Waals surface area contributed by atoms with Gasteiger partial charge in [-0.3, -0.25) is 0 Å². The van der Waals surface area contributed by atoms with Crippen molar-refractivity contribution < 1.29 is 9.53 Å². The second-order valence-corrected chi connectivity index (χ2v) is 3.73. The minimum atomic E-state index is -0.225. The molecule has 0 aliphatic carbocycles. The first kappa shape index (κ1) is 12.5. The average Bonchev–Trinajstić information content (AvgIpc) is 2.30. The molecule has 16 heavy (non-hydrogen) atoms. The Balaban J connectivity index is 2.53. The Morgan fingerprint density at radius 2 is 2.00 bits per heavy atom. The molecule has 1 aromatic rings. The van der Waals surface area contributed by atoms with E-state index in [0.717, 1.165) is 18.4 Å². The van der Waals surface area contributed by atoms with E-state index < -0.39 is 0 Å². The minimum Gasteiger partial charge on any atom is -0.462 e. The maximum absolute atomic E-state index is 11.5. The van der Waals surface area contributed by atoms with Crippen molar-refractivity contribution in [2.75, 3.05) is 6.61 Å². The van der Waals surface area contributed by atoms with E-state index in [0.29, 0.717) is 12.2 Å². The molecule has 0 bridgehead atoms. The Morgan fingerprint density at radius 1 is 1.31 bits per heavy atom. The van der Waals surface area contributed by atoms with E-state index in [-0.39, 0.29) is 5.97 Å². The molecule has 0 aromatic heterocycles. The first-order chi connectivity index (χ1) is 7.74. The molecule has 0 fully saturated rings.